The molecule has 2 rings (SSSR count). The highest BCUT2D eigenvalue weighted by Crippen LogP contribution is 2.35. The minimum atomic E-state index is -0.565. The van der Waals surface area contributed by atoms with Crippen molar-refractivity contribution in [1.82, 2.24) is 4.98 Å². The predicted octanol–water partition coefficient (Wildman–Crippen LogP) is 2.44. The van der Waals surface area contributed by atoms with Gasteiger partial charge < -0.3 is 14.6 Å². The first-order chi connectivity index (χ1) is 10.0. The molecule has 2 aromatic rings. The van der Waals surface area contributed by atoms with Crippen molar-refractivity contribution < 1.29 is 19.5 Å². The van der Waals surface area contributed by atoms with Crippen molar-refractivity contribution in [2.75, 3.05) is 7.11 Å². The third-order valence-corrected chi connectivity index (χ3v) is 3.60. The van der Waals surface area contributed by atoms with Gasteiger partial charge in [-0.2, -0.15) is 0 Å². The summed E-state index contributed by atoms with van der Waals surface area (Å²) in [5.41, 5.74) is 0.713. The van der Waals surface area contributed by atoms with E-state index in [1.165, 1.54) is 30.6 Å². The van der Waals surface area contributed by atoms with Gasteiger partial charge in [0.15, 0.2) is 11.5 Å². The molecule has 0 atom stereocenters. The van der Waals surface area contributed by atoms with Crippen molar-refractivity contribution in [2.45, 2.75) is 20.1 Å². The number of aryl methyl sites for hydroxylation is 1. The summed E-state index contributed by atoms with van der Waals surface area (Å²) in [6.07, 6.45) is 0. The van der Waals surface area contributed by atoms with Crippen LogP contribution in [-0.2, 0) is 13.2 Å². The second-order valence-electron chi connectivity index (χ2n) is 4.19. The van der Waals surface area contributed by atoms with E-state index in [1.807, 2.05) is 12.3 Å². The third-order valence-electron chi connectivity index (χ3n) is 2.77. The number of methoxy groups -OCH3 is 1. The SMILES string of the molecule is COc1cc(CO)c([N+](=O)[O-])cc1OCc1csc(C)n1. The molecule has 0 aliphatic heterocycles. The number of hydrogen-bond acceptors (Lipinski definition) is 7. The van der Waals surface area contributed by atoms with E-state index in [9.17, 15) is 15.2 Å². The third kappa shape index (κ3) is 3.47. The van der Waals surface area contributed by atoms with E-state index >= 15 is 0 Å². The van der Waals surface area contributed by atoms with Crippen LogP contribution in [0.15, 0.2) is 17.5 Å². The standard InChI is InChI=1S/C13H14N2O5S/c1-8-14-10(7-21-8)6-20-13-4-11(15(17)18)9(5-16)3-12(13)19-2/h3-4,7,16H,5-6H2,1-2H3. The Kier molecular flexibility index (Phi) is 4.71. The van der Waals surface area contributed by atoms with Crippen molar-refractivity contribution >= 4 is 17.0 Å². The van der Waals surface area contributed by atoms with Crippen LogP contribution in [0, 0.1) is 17.0 Å². The van der Waals surface area contributed by atoms with Gasteiger partial charge in [0.25, 0.3) is 5.69 Å². The van der Waals surface area contributed by atoms with Crippen LogP contribution in [0.1, 0.15) is 16.3 Å². The van der Waals surface area contributed by atoms with E-state index in [0.717, 1.165) is 10.7 Å². The number of nitro benzene ring substituents is 1. The first-order valence-electron chi connectivity index (χ1n) is 6.05. The summed E-state index contributed by atoms with van der Waals surface area (Å²) >= 11 is 1.50. The summed E-state index contributed by atoms with van der Waals surface area (Å²) < 4.78 is 10.7. The molecule has 0 radical (unpaired) electrons. The van der Waals surface area contributed by atoms with Crippen LogP contribution >= 0.6 is 11.3 Å². The smallest absolute Gasteiger partial charge is 0.278 e. The Morgan fingerprint density at radius 1 is 1.43 bits per heavy atom. The van der Waals surface area contributed by atoms with Gasteiger partial charge in [0, 0.05) is 5.38 Å². The molecule has 0 unspecified atom stereocenters. The lowest BCUT2D eigenvalue weighted by molar-refractivity contribution is -0.386. The molecular formula is C13H14N2O5S. The van der Waals surface area contributed by atoms with Gasteiger partial charge >= 0.3 is 0 Å². The lowest BCUT2D eigenvalue weighted by atomic mass is 10.1. The lowest BCUT2D eigenvalue weighted by Gasteiger charge is -2.11. The van der Waals surface area contributed by atoms with Gasteiger partial charge in [-0.05, 0) is 13.0 Å². The molecule has 0 aliphatic rings. The Hall–Kier alpha value is -2.19. The molecule has 0 amide bonds. The molecule has 21 heavy (non-hydrogen) atoms. The molecule has 0 fully saturated rings. The summed E-state index contributed by atoms with van der Waals surface area (Å²) in [7, 11) is 1.43. The number of aliphatic hydroxyl groups is 1. The van der Waals surface area contributed by atoms with E-state index in [1.54, 1.807) is 0 Å². The van der Waals surface area contributed by atoms with Crippen LogP contribution < -0.4 is 9.47 Å². The minimum Gasteiger partial charge on any atom is -0.493 e. The van der Waals surface area contributed by atoms with Gasteiger partial charge in [0.1, 0.15) is 6.61 Å². The highest BCUT2D eigenvalue weighted by Gasteiger charge is 2.19. The Labute approximate surface area is 124 Å². The van der Waals surface area contributed by atoms with Gasteiger partial charge in [0.05, 0.1) is 41.0 Å². The molecule has 1 heterocycles. The van der Waals surface area contributed by atoms with E-state index in [-0.39, 0.29) is 23.6 Å². The molecule has 1 aromatic carbocycles. The average molecular weight is 310 g/mol. The summed E-state index contributed by atoms with van der Waals surface area (Å²) in [6, 6.07) is 2.66. The maximum Gasteiger partial charge on any atom is 0.278 e. The molecule has 0 saturated carbocycles. The van der Waals surface area contributed by atoms with Crippen LogP contribution in [-0.4, -0.2) is 22.1 Å². The maximum absolute atomic E-state index is 11.0. The number of rotatable bonds is 6. The fourth-order valence-electron chi connectivity index (χ4n) is 1.79. The molecule has 0 spiro atoms. The van der Waals surface area contributed by atoms with Crippen LogP contribution in [0.5, 0.6) is 11.5 Å². The topological polar surface area (TPSA) is 94.7 Å². The maximum atomic E-state index is 11.0. The molecule has 8 heteroatoms. The monoisotopic (exact) mass is 310 g/mol. The van der Waals surface area contributed by atoms with Crippen molar-refractivity contribution in [1.29, 1.82) is 0 Å². The zero-order valence-electron chi connectivity index (χ0n) is 11.5. The first-order valence-corrected chi connectivity index (χ1v) is 6.93. The van der Waals surface area contributed by atoms with Gasteiger partial charge in [-0.1, -0.05) is 0 Å². The number of nitrogens with zero attached hydrogens (tertiary/aromatic N) is 2. The number of thiazole rings is 1. The van der Waals surface area contributed by atoms with Gasteiger partial charge in [-0.15, -0.1) is 11.3 Å². The highest BCUT2D eigenvalue weighted by atomic mass is 32.1. The number of ether oxygens (including phenoxy) is 2. The summed E-state index contributed by atoms with van der Waals surface area (Å²) in [6.45, 7) is 1.63. The molecule has 7 nitrogen and oxygen atoms in total. The molecule has 112 valence electrons. The predicted molar refractivity (Wildman–Crippen MR) is 76.8 cm³/mol. The number of aliphatic hydroxyl groups excluding tert-OH is 1. The summed E-state index contributed by atoms with van der Waals surface area (Å²) in [5.74, 6) is 0.573. The lowest BCUT2D eigenvalue weighted by Crippen LogP contribution is -2.02. The van der Waals surface area contributed by atoms with E-state index in [0.29, 0.717) is 5.75 Å². The molecule has 0 bridgehead atoms. The fraction of sp³-hybridized carbons (Fsp3) is 0.308. The van der Waals surface area contributed by atoms with Crippen molar-refractivity contribution in [3.63, 3.8) is 0 Å². The molecule has 1 aromatic heterocycles. The van der Waals surface area contributed by atoms with Crippen molar-refractivity contribution in [3.8, 4) is 11.5 Å². The second-order valence-corrected chi connectivity index (χ2v) is 5.26. The highest BCUT2D eigenvalue weighted by molar-refractivity contribution is 7.09. The number of nitro groups is 1. The molecule has 0 aliphatic carbocycles. The number of aromatic nitrogens is 1. The normalized spacial score (nSPS) is 10.4. The Morgan fingerprint density at radius 3 is 2.71 bits per heavy atom. The number of hydrogen-bond donors (Lipinski definition) is 1. The molecule has 1 N–H and O–H groups in total. The largest absolute Gasteiger partial charge is 0.493 e. The zero-order valence-corrected chi connectivity index (χ0v) is 12.3. The first kappa shape index (κ1) is 15.2. The van der Waals surface area contributed by atoms with E-state index in [2.05, 4.69) is 4.98 Å². The van der Waals surface area contributed by atoms with Gasteiger partial charge in [0.2, 0.25) is 0 Å². The van der Waals surface area contributed by atoms with E-state index in [4.69, 9.17) is 9.47 Å². The zero-order chi connectivity index (χ0) is 15.4. The Balaban J connectivity index is 2.28. The fourth-order valence-corrected chi connectivity index (χ4v) is 2.38. The van der Waals surface area contributed by atoms with Crippen LogP contribution in [0.4, 0.5) is 5.69 Å². The number of benzene rings is 1. The van der Waals surface area contributed by atoms with Gasteiger partial charge in [-0.3, -0.25) is 10.1 Å². The molecular weight excluding hydrogens is 296 g/mol. The minimum absolute atomic E-state index is 0.175. The summed E-state index contributed by atoms with van der Waals surface area (Å²) in [5, 5.41) is 23.0. The average Bonchev–Trinajstić information content (AvgIpc) is 2.89. The van der Waals surface area contributed by atoms with Crippen molar-refractivity contribution in [2.24, 2.45) is 0 Å². The van der Waals surface area contributed by atoms with Crippen LogP contribution in [0.25, 0.3) is 0 Å². The second kappa shape index (κ2) is 6.51. The quantitative estimate of drug-likeness (QED) is 0.650. The molecule has 0 saturated heterocycles. The van der Waals surface area contributed by atoms with Crippen molar-refractivity contribution in [3.05, 3.63) is 43.9 Å². The Morgan fingerprint density at radius 2 is 2.19 bits per heavy atom. The van der Waals surface area contributed by atoms with Crippen LogP contribution in [0.2, 0.25) is 0 Å². The van der Waals surface area contributed by atoms with E-state index < -0.39 is 11.5 Å². The summed E-state index contributed by atoms with van der Waals surface area (Å²) in [4.78, 5) is 14.7. The Bertz CT molecular complexity index is 656. The van der Waals surface area contributed by atoms with Crippen LogP contribution in [0.3, 0.4) is 0 Å². The van der Waals surface area contributed by atoms with Gasteiger partial charge in [-0.25, -0.2) is 4.98 Å².